The standard InChI is InChI=1S/C8H13NO2/c1-5-6-2-9(3-7(5)6)8(11)4-10/h5-7,10H,2-4H2,1H3/t5?,6-,7+. The monoisotopic (exact) mass is 155 g/mol. The third kappa shape index (κ3) is 0.948. The molecule has 0 radical (unpaired) electrons. The highest BCUT2D eigenvalue weighted by molar-refractivity contribution is 5.77. The van der Waals surface area contributed by atoms with E-state index in [0.29, 0.717) is 0 Å². The second-order valence-corrected chi connectivity index (χ2v) is 3.64. The van der Waals surface area contributed by atoms with Crippen LogP contribution in [0.2, 0.25) is 0 Å². The van der Waals surface area contributed by atoms with Crippen LogP contribution in [0.5, 0.6) is 0 Å². The Bertz CT molecular complexity index is 181. The van der Waals surface area contributed by atoms with Gasteiger partial charge in [0.15, 0.2) is 0 Å². The van der Waals surface area contributed by atoms with Gasteiger partial charge in [0.1, 0.15) is 6.61 Å². The van der Waals surface area contributed by atoms with Gasteiger partial charge in [0.05, 0.1) is 0 Å². The number of carbonyl (C=O) groups is 1. The van der Waals surface area contributed by atoms with Crippen molar-refractivity contribution in [1.82, 2.24) is 4.90 Å². The number of fused-ring (bicyclic) bond motifs is 1. The predicted molar refractivity (Wildman–Crippen MR) is 39.8 cm³/mol. The van der Waals surface area contributed by atoms with E-state index in [0.717, 1.165) is 30.8 Å². The van der Waals surface area contributed by atoms with Crippen molar-refractivity contribution >= 4 is 5.91 Å². The summed E-state index contributed by atoms with van der Waals surface area (Å²) in [4.78, 5) is 12.7. The summed E-state index contributed by atoms with van der Waals surface area (Å²) in [6, 6.07) is 0. The zero-order valence-corrected chi connectivity index (χ0v) is 6.66. The maximum Gasteiger partial charge on any atom is 0.248 e. The molecule has 1 heterocycles. The van der Waals surface area contributed by atoms with Crippen molar-refractivity contribution < 1.29 is 9.90 Å². The first-order valence-corrected chi connectivity index (χ1v) is 4.12. The fourth-order valence-electron chi connectivity index (χ4n) is 2.13. The average Bonchev–Trinajstić information content (AvgIpc) is 2.55. The molecule has 0 aromatic rings. The number of likely N-dealkylation sites (tertiary alicyclic amines) is 1. The topological polar surface area (TPSA) is 40.5 Å². The van der Waals surface area contributed by atoms with E-state index in [1.54, 1.807) is 4.90 Å². The number of aliphatic hydroxyl groups excluding tert-OH is 1. The summed E-state index contributed by atoms with van der Waals surface area (Å²) in [6.07, 6.45) is 0. The van der Waals surface area contributed by atoms with Gasteiger partial charge in [-0.05, 0) is 17.8 Å². The summed E-state index contributed by atoms with van der Waals surface area (Å²) in [5.41, 5.74) is 0. The Balaban J connectivity index is 1.90. The van der Waals surface area contributed by atoms with Crippen molar-refractivity contribution in [3.63, 3.8) is 0 Å². The van der Waals surface area contributed by atoms with Gasteiger partial charge < -0.3 is 10.0 Å². The van der Waals surface area contributed by atoms with E-state index in [4.69, 9.17) is 5.11 Å². The molecule has 11 heavy (non-hydrogen) atoms. The maximum atomic E-state index is 11.0. The summed E-state index contributed by atoms with van der Waals surface area (Å²) in [5.74, 6) is 2.19. The van der Waals surface area contributed by atoms with Gasteiger partial charge in [0.2, 0.25) is 5.91 Å². The Morgan fingerprint density at radius 2 is 2.09 bits per heavy atom. The van der Waals surface area contributed by atoms with Gasteiger partial charge in [-0.2, -0.15) is 0 Å². The van der Waals surface area contributed by atoms with Crippen LogP contribution in [0.4, 0.5) is 0 Å². The van der Waals surface area contributed by atoms with Gasteiger partial charge in [0, 0.05) is 13.1 Å². The molecule has 0 aromatic heterocycles. The number of aliphatic hydroxyl groups is 1. The van der Waals surface area contributed by atoms with Crippen molar-refractivity contribution in [3.05, 3.63) is 0 Å². The van der Waals surface area contributed by atoms with E-state index in [1.807, 2.05) is 0 Å². The number of rotatable bonds is 1. The number of nitrogens with zero attached hydrogens (tertiary/aromatic N) is 1. The van der Waals surface area contributed by atoms with Crippen LogP contribution in [0.3, 0.4) is 0 Å². The zero-order valence-electron chi connectivity index (χ0n) is 6.66. The molecule has 1 aliphatic carbocycles. The van der Waals surface area contributed by atoms with Crippen molar-refractivity contribution in [1.29, 1.82) is 0 Å². The van der Waals surface area contributed by atoms with Crippen LogP contribution in [0.15, 0.2) is 0 Å². The highest BCUT2D eigenvalue weighted by Gasteiger charge is 2.53. The molecule has 1 amide bonds. The molecule has 1 unspecified atom stereocenters. The van der Waals surface area contributed by atoms with Gasteiger partial charge in [-0.3, -0.25) is 4.79 Å². The summed E-state index contributed by atoms with van der Waals surface area (Å²) in [5, 5.41) is 8.57. The van der Waals surface area contributed by atoms with Crippen molar-refractivity contribution in [2.24, 2.45) is 17.8 Å². The summed E-state index contributed by atoms with van der Waals surface area (Å²) >= 11 is 0. The lowest BCUT2D eigenvalue weighted by Crippen LogP contribution is -2.33. The first kappa shape index (κ1) is 7.10. The van der Waals surface area contributed by atoms with Gasteiger partial charge >= 0.3 is 0 Å². The van der Waals surface area contributed by atoms with Crippen molar-refractivity contribution in [2.45, 2.75) is 6.92 Å². The Hall–Kier alpha value is -0.570. The molecule has 2 fully saturated rings. The highest BCUT2D eigenvalue weighted by atomic mass is 16.3. The van der Waals surface area contributed by atoms with Crippen LogP contribution < -0.4 is 0 Å². The molecule has 3 heteroatoms. The molecule has 0 aromatic carbocycles. The summed E-state index contributed by atoms with van der Waals surface area (Å²) in [6.45, 7) is 3.67. The summed E-state index contributed by atoms with van der Waals surface area (Å²) in [7, 11) is 0. The number of hydrogen-bond donors (Lipinski definition) is 1. The number of amides is 1. The van der Waals surface area contributed by atoms with Crippen LogP contribution in [-0.2, 0) is 4.79 Å². The molecule has 0 bridgehead atoms. The molecule has 1 saturated heterocycles. The van der Waals surface area contributed by atoms with Gasteiger partial charge in [0.25, 0.3) is 0 Å². The Morgan fingerprint density at radius 3 is 2.55 bits per heavy atom. The van der Waals surface area contributed by atoms with Gasteiger partial charge in [-0.25, -0.2) is 0 Å². The lowest BCUT2D eigenvalue weighted by molar-refractivity contribution is -0.133. The average molecular weight is 155 g/mol. The van der Waals surface area contributed by atoms with E-state index in [-0.39, 0.29) is 12.5 Å². The molecule has 1 saturated carbocycles. The lowest BCUT2D eigenvalue weighted by Gasteiger charge is -2.17. The van der Waals surface area contributed by atoms with Crippen molar-refractivity contribution in [3.8, 4) is 0 Å². The first-order chi connectivity index (χ1) is 5.24. The minimum atomic E-state index is -0.326. The van der Waals surface area contributed by atoms with Crippen LogP contribution in [0.25, 0.3) is 0 Å². The Labute approximate surface area is 66.0 Å². The molecule has 3 atom stereocenters. The van der Waals surface area contributed by atoms with E-state index < -0.39 is 0 Å². The summed E-state index contributed by atoms with van der Waals surface area (Å²) < 4.78 is 0. The Morgan fingerprint density at radius 1 is 1.55 bits per heavy atom. The fourth-order valence-corrected chi connectivity index (χ4v) is 2.13. The first-order valence-electron chi connectivity index (χ1n) is 4.12. The third-order valence-corrected chi connectivity index (χ3v) is 3.11. The normalized spacial score (nSPS) is 40.5. The third-order valence-electron chi connectivity index (χ3n) is 3.11. The molecule has 1 N–H and O–H groups in total. The van der Waals surface area contributed by atoms with Gasteiger partial charge in [-0.15, -0.1) is 0 Å². The molecule has 3 nitrogen and oxygen atoms in total. The largest absolute Gasteiger partial charge is 0.387 e. The number of hydrogen-bond acceptors (Lipinski definition) is 2. The SMILES string of the molecule is CC1[C@H]2CN(C(=O)CO)C[C@@H]12. The molecule has 2 aliphatic rings. The van der Waals surface area contributed by atoms with E-state index in [2.05, 4.69) is 6.92 Å². The van der Waals surface area contributed by atoms with E-state index >= 15 is 0 Å². The van der Waals surface area contributed by atoms with E-state index in [1.165, 1.54) is 0 Å². The number of carbonyl (C=O) groups excluding carboxylic acids is 1. The second-order valence-electron chi connectivity index (χ2n) is 3.64. The van der Waals surface area contributed by atoms with Crippen molar-refractivity contribution in [2.75, 3.05) is 19.7 Å². The van der Waals surface area contributed by atoms with Gasteiger partial charge in [-0.1, -0.05) is 6.92 Å². The number of piperidine rings is 1. The highest BCUT2D eigenvalue weighted by Crippen LogP contribution is 2.50. The van der Waals surface area contributed by atoms with Crippen LogP contribution >= 0.6 is 0 Å². The predicted octanol–water partition coefficient (Wildman–Crippen LogP) is -0.297. The lowest BCUT2D eigenvalue weighted by atomic mass is 10.3. The minimum Gasteiger partial charge on any atom is -0.387 e. The molecule has 2 rings (SSSR count). The van der Waals surface area contributed by atoms with E-state index in [9.17, 15) is 4.79 Å². The second kappa shape index (κ2) is 2.21. The quantitative estimate of drug-likeness (QED) is 0.565. The maximum absolute atomic E-state index is 11.0. The minimum absolute atomic E-state index is 0.107. The zero-order chi connectivity index (χ0) is 8.01. The smallest absolute Gasteiger partial charge is 0.248 e. The van der Waals surface area contributed by atoms with Crippen LogP contribution in [-0.4, -0.2) is 35.6 Å². The molecular formula is C8H13NO2. The molecule has 0 spiro atoms. The molecular weight excluding hydrogens is 142 g/mol. The molecule has 1 aliphatic heterocycles. The molecule has 62 valence electrons. The Kier molecular flexibility index (Phi) is 1.42. The van der Waals surface area contributed by atoms with Crippen LogP contribution in [0.1, 0.15) is 6.92 Å². The van der Waals surface area contributed by atoms with Crippen LogP contribution in [0, 0.1) is 17.8 Å². The fraction of sp³-hybridized carbons (Fsp3) is 0.875.